The molecule has 10 heteroatoms. The molecule has 1 unspecified atom stereocenters. The van der Waals surface area contributed by atoms with Gasteiger partial charge in [0.15, 0.2) is 5.82 Å². The lowest BCUT2D eigenvalue weighted by Gasteiger charge is -2.20. The third-order valence-corrected chi connectivity index (χ3v) is 5.01. The second-order valence-electron chi connectivity index (χ2n) is 7.01. The van der Waals surface area contributed by atoms with E-state index in [0.717, 1.165) is 11.3 Å². The maximum Gasteiger partial charge on any atom is 0.282 e. The summed E-state index contributed by atoms with van der Waals surface area (Å²) in [6.45, 7) is 1.91. The molecular weight excluding hydrogens is 394 g/mol. The molecule has 0 bridgehead atoms. The van der Waals surface area contributed by atoms with Gasteiger partial charge in [0, 0.05) is 18.0 Å². The van der Waals surface area contributed by atoms with Crippen LogP contribution in [0.5, 0.6) is 0 Å². The van der Waals surface area contributed by atoms with Crippen LogP contribution in [0.4, 0.5) is 11.6 Å². The van der Waals surface area contributed by atoms with Gasteiger partial charge in [-0.2, -0.15) is 10.2 Å². The highest BCUT2D eigenvalue weighted by Gasteiger charge is 2.21. The molecule has 0 spiro atoms. The van der Waals surface area contributed by atoms with Crippen LogP contribution in [-0.4, -0.2) is 34.3 Å². The summed E-state index contributed by atoms with van der Waals surface area (Å²) in [5.74, 6) is 1.36. The minimum absolute atomic E-state index is 0.160. The molecule has 4 heterocycles. The highest BCUT2D eigenvalue weighted by Crippen LogP contribution is 2.31. The first-order valence-corrected chi connectivity index (χ1v) is 9.65. The van der Waals surface area contributed by atoms with E-state index in [2.05, 4.69) is 25.5 Å². The minimum atomic E-state index is -0.389. The number of para-hydroxylation sites is 1. The number of fused-ring (bicyclic) bond motifs is 1. The number of hydrogen-bond donors (Lipinski definition) is 3. The van der Waals surface area contributed by atoms with Crippen molar-refractivity contribution < 1.29 is 0 Å². The van der Waals surface area contributed by atoms with Crippen molar-refractivity contribution in [3.63, 3.8) is 0 Å². The van der Waals surface area contributed by atoms with E-state index in [-0.39, 0.29) is 11.6 Å². The van der Waals surface area contributed by atoms with Gasteiger partial charge in [-0.3, -0.25) is 14.5 Å². The lowest BCUT2D eigenvalue weighted by molar-refractivity contribution is 0.673. The van der Waals surface area contributed by atoms with Crippen LogP contribution in [0.1, 0.15) is 18.8 Å². The lowest BCUT2D eigenvalue weighted by atomic mass is 10.1. The molecule has 0 saturated heterocycles. The van der Waals surface area contributed by atoms with E-state index < -0.39 is 0 Å². The molecule has 1 aromatic carbocycles. The van der Waals surface area contributed by atoms with Gasteiger partial charge in [0.1, 0.15) is 23.5 Å². The molecule has 1 atom stereocenters. The number of aromatic amines is 1. The number of rotatable bonds is 5. The topological polar surface area (TPSA) is 132 Å². The van der Waals surface area contributed by atoms with Gasteiger partial charge in [0.05, 0.1) is 23.5 Å². The summed E-state index contributed by atoms with van der Waals surface area (Å²) in [5.41, 5.74) is 8.56. The van der Waals surface area contributed by atoms with Crippen molar-refractivity contribution in [1.82, 2.24) is 34.3 Å². The van der Waals surface area contributed by atoms with Crippen LogP contribution in [0.25, 0.3) is 22.3 Å². The van der Waals surface area contributed by atoms with Gasteiger partial charge in [-0.05, 0) is 31.2 Å². The number of aromatic nitrogens is 7. The molecule has 0 saturated carbocycles. The van der Waals surface area contributed by atoms with E-state index in [9.17, 15) is 4.79 Å². The number of anilines is 2. The lowest BCUT2D eigenvalue weighted by Crippen LogP contribution is -2.29. The smallest absolute Gasteiger partial charge is 0.282 e. The van der Waals surface area contributed by atoms with Crippen molar-refractivity contribution in [2.45, 2.75) is 13.0 Å². The Morgan fingerprint density at radius 2 is 1.97 bits per heavy atom. The first-order chi connectivity index (χ1) is 15.1. The summed E-state index contributed by atoms with van der Waals surface area (Å²) in [5, 5.41) is 14.8. The van der Waals surface area contributed by atoms with Crippen LogP contribution in [-0.2, 0) is 0 Å². The molecular formula is C21H19N9O. The zero-order valence-corrected chi connectivity index (χ0v) is 16.6. The van der Waals surface area contributed by atoms with Crippen LogP contribution in [0, 0.1) is 0 Å². The van der Waals surface area contributed by atoms with E-state index in [1.54, 1.807) is 39.8 Å². The molecule has 10 nitrogen and oxygen atoms in total. The standard InChI is InChI=1S/C21H19N9O/c1-13(27-19-17(14-10-25-26-11-14)18(22)23-12-24-19)20-28-29-9-5-8-16(29)21(31)30(20)15-6-3-2-4-7-15/h2-13H,1H3,(H,25,26)(H3,22,23,24,27). The summed E-state index contributed by atoms with van der Waals surface area (Å²) in [4.78, 5) is 21.8. The average Bonchev–Trinajstić information content (AvgIpc) is 3.46. The Morgan fingerprint density at radius 1 is 1.13 bits per heavy atom. The van der Waals surface area contributed by atoms with Crippen molar-refractivity contribution in [2.75, 3.05) is 11.1 Å². The van der Waals surface area contributed by atoms with Gasteiger partial charge < -0.3 is 11.1 Å². The van der Waals surface area contributed by atoms with Gasteiger partial charge in [-0.1, -0.05) is 18.2 Å². The van der Waals surface area contributed by atoms with E-state index in [1.807, 2.05) is 37.3 Å². The molecule has 0 radical (unpaired) electrons. The highest BCUT2D eigenvalue weighted by atomic mass is 16.1. The van der Waals surface area contributed by atoms with Crippen molar-refractivity contribution in [3.8, 4) is 16.8 Å². The second-order valence-corrected chi connectivity index (χ2v) is 7.01. The molecule has 4 N–H and O–H groups in total. The van der Waals surface area contributed by atoms with Crippen LogP contribution in [0.3, 0.4) is 0 Å². The van der Waals surface area contributed by atoms with Gasteiger partial charge in [-0.25, -0.2) is 14.5 Å². The first kappa shape index (κ1) is 18.6. The Balaban J connectivity index is 1.65. The zero-order valence-electron chi connectivity index (χ0n) is 16.6. The summed E-state index contributed by atoms with van der Waals surface area (Å²) in [6, 6.07) is 12.6. The molecule has 5 rings (SSSR count). The number of nitrogens with one attached hydrogen (secondary N) is 2. The predicted molar refractivity (Wildman–Crippen MR) is 117 cm³/mol. The zero-order chi connectivity index (χ0) is 21.4. The van der Waals surface area contributed by atoms with Gasteiger partial charge in [0.25, 0.3) is 5.56 Å². The number of hydrogen-bond acceptors (Lipinski definition) is 7. The van der Waals surface area contributed by atoms with E-state index in [4.69, 9.17) is 10.8 Å². The van der Waals surface area contributed by atoms with Crippen LogP contribution < -0.4 is 16.6 Å². The van der Waals surface area contributed by atoms with Gasteiger partial charge in [-0.15, -0.1) is 0 Å². The molecule has 31 heavy (non-hydrogen) atoms. The molecule has 5 aromatic rings. The SMILES string of the molecule is CC(Nc1ncnc(N)c1-c1cn[nH]c1)c1nn2cccc2c(=O)n1-c1ccccc1. The quantitative estimate of drug-likeness (QED) is 0.403. The fraction of sp³-hybridized carbons (Fsp3) is 0.0952. The van der Waals surface area contributed by atoms with Crippen LogP contribution >= 0.6 is 0 Å². The van der Waals surface area contributed by atoms with Crippen molar-refractivity contribution in [2.24, 2.45) is 0 Å². The Hall–Kier alpha value is -4.47. The maximum atomic E-state index is 13.3. The Bertz CT molecular complexity index is 1400. The summed E-state index contributed by atoms with van der Waals surface area (Å²) < 4.78 is 3.19. The van der Waals surface area contributed by atoms with E-state index in [0.29, 0.717) is 28.5 Å². The summed E-state index contributed by atoms with van der Waals surface area (Å²) in [6.07, 6.45) is 6.51. The number of H-pyrrole nitrogens is 1. The Morgan fingerprint density at radius 3 is 2.74 bits per heavy atom. The second kappa shape index (κ2) is 7.41. The van der Waals surface area contributed by atoms with Crippen molar-refractivity contribution in [1.29, 1.82) is 0 Å². The number of nitrogens with two attached hydrogens (primary N) is 1. The average molecular weight is 413 g/mol. The molecule has 0 aliphatic carbocycles. The molecule has 0 fully saturated rings. The van der Waals surface area contributed by atoms with E-state index >= 15 is 0 Å². The third kappa shape index (κ3) is 3.19. The normalized spacial score (nSPS) is 12.2. The monoisotopic (exact) mass is 413 g/mol. The highest BCUT2D eigenvalue weighted by molar-refractivity contribution is 5.82. The van der Waals surface area contributed by atoms with Gasteiger partial charge in [0.2, 0.25) is 0 Å². The molecule has 0 aliphatic rings. The largest absolute Gasteiger partial charge is 0.383 e. The fourth-order valence-electron chi connectivity index (χ4n) is 3.56. The third-order valence-electron chi connectivity index (χ3n) is 5.01. The number of benzene rings is 1. The Kier molecular flexibility index (Phi) is 4.43. The Labute approximate surface area is 176 Å². The van der Waals surface area contributed by atoms with E-state index in [1.165, 1.54) is 6.33 Å². The minimum Gasteiger partial charge on any atom is -0.383 e. The molecule has 4 aromatic heterocycles. The molecule has 154 valence electrons. The van der Waals surface area contributed by atoms with Crippen LogP contribution in [0.15, 0.2) is 72.2 Å². The fourth-order valence-corrected chi connectivity index (χ4v) is 3.56. The first-order valence-electron chi connectivity index (χ1n) is 9.65. The van der Waals surface area contributed by atoms with Gasteiger partial charge >= 0.3 is 0 Å². The van der Waals surface area contributed by atoms with Crippen molar-refractivity contribution >= 4 is 17.2 Å². The van der Waals surface area contributed by atoms with Crippen molar-refractivity contribution in [3.05, 3.63) is 83.6 Å². The number of nitrogen functional groups attached to an aromatic ring is 1. The molecule has 0 aliphatic heterocycles. The summed E-state index contributed by atoms with van der Waals surface area (Å²) in [7, 11) is 0. The molecule has 0 amide bonds. The number of nitrogens with zero attached hydrogens (tertiary/aromatic N) is 6. The maximum absolute atomic E-state index is 13.3. The summed E-state index contributed by atoms with van der Waals surface area (Å²) >= 11 is 0. The predicted octanol–water partition coefficient (Wildman–Crippen LogP) is 2.42. The van der Waals surface area contributed by atoms with Crippen LogP contribution in [0.2, 0.25) is 0 Å².